The number of carbonyl (C=O) groups is 1. The van der Waals surface area contributed by atoms with E-state index in [1.807, 2.05) is 30.3 Å². The molecule has 0 atom stereocenters. The Morgan fingerprint density at radius 2 is 1.76 bits per heavy atom. The Hall–Kier alpha value is -2.92. The molecule has 1 aliphatic carbocycles. The van der Waals surface area contributed by atoms with Crippen molar-refractivity contribution in [3.8, 4) is 0 Å². The fourth-order valence-electron chi connectivity index (χ4n) is 3.43. The van der Waals surface area contributed by atoms with Gasteiger partial charge in [0.25, 0.3) is 5.91 Å². The highest BCUT2D eigenvalue weighted by atomic mass is 16.5. The van der Waals surface area contributed by atoms with Crippen LogP contribution in [0, 0.1) is 0 Å². The van der Waals surface area contributed by atoms with Crippen molar-refractivity contribution in [2.24, 2.45) is 0 Å². The van der Waals surface area contributed by atoms with Gasteiger partial charge in [0.2, 0.25) is 0 Å². The maximum atomic E-state index is 11.5. The first-order chi connectivity index (χ1) is 12.3. The van der Waals surface area contributed by atoms with E-state index in [4.69, 9.17) is 10.2 Å². The van der Waals surface area contributed by atoms with Crippen LogP contribution < -0.4 is 10.8 Å². The molecule has 25 heavy (non-hydrogen) atoms. The Kier molecular flexibility index (Phi) is 4.07. The quantitative estimate of drug-likeness (QED) is 0.501. The number of hydrogen-bond donors (Lipinski definition) is 3. The lowest BCUT2D eigenvalue weighted by atomic mass is 9.92. The average Bonchev–Trinajstić information content (AvgIpc) is 2.67. The van der Waals surface area contributed by atoms with Crippen LogP contribution in [0.5, 0.6) is 0 Å². The molecule has 0 fully saturated rings. The molecular formula is C20H19N3O2. The lowest BCUT2D eigenvalue weighted by Crippen LogP contribution is -2.18. The second kappa shape index (κ2) is 6.53. The number of para-hydroxylation sites is 1. The number of nitrogens with zero attached hydrogens (tertiary/aromatic N) is 1. The summed E-state index contributed by atoms with van der Waals surface area (Å²) in [5.41, 5.74) is 7.55. The number of rotatable bonds is 3. The van der Waals surface area contributed by atoms with Gasteiger partial charge in [0.15, 0.2) is 0 Å². The lowest BCUT2D eigenvalue weighted by Gasteiger charge is -2.21. The first-order valence-electron chi connectivity index (χ1n) is 8.48. The van der Waals surface area contributed by atoms with Crippen LogP contribution in [0.15, 0.2) is 48.5 Å². The summed E-state index contributed by atoms with van der Waals surface area (Å²) in [5, 5.41) is 13.4. The van der Waals surface area contributed by atoms with Crippen molar-refractivity contribution in [1.29, 1.82) is 0 Å². The van der Waals surface area contributed by atoms with E-state index < -0.39 is 5.91 Å². The zero-order valence-electron chi connectivity index (χ0n) is 13.7. The van der Waals surface area contributed by atoms with Gasteiger partial charge in [0.1, 0.15) is 0 Å². The number of hydrogen-bond acceptors (Lipinski definition) is 4. The zero-order chi connectivity index (χ0) is 17.2. The minimum absolute atomic E-state index is 0.412. The van der Waals surface area contributed by atoms with E-state index in [0.29, 0.717) is 5.56 Å². The van der Waals surface area contributed by atoms with Gasteiger partial charge in [-0.25, -0.2) is 5.48 Å². The molecule has 0 saturated carbocycles. The highest BCUT2D eigenvalue weighted by molar-refractivity contribution is 5.96. The van der Waals surface area contributed by atoms with Gasteiger partial charge in [-0.2, -0.15) is 0 Å². The minimum atomic E-state index is -0.515. The number of aryl methyl sites for hydroxylation is 1. The fourth-order valence-corrected chi connectivity index (χ4v) is 3.43. The molecule has 5 heteroatoms. The molecule has 0 aliphatic heterocycles. The van der Waals surface area contributed by atoms with E-state index in [1.54, 1.807) is 17.6 Å². The van der Waals surface area contributed by atoms with Crippen molar-refractivity contribution in [1.82, 2.24) is 10.5 Å². The van der Waals surface area contributed by atoms with E-state index >= 15 is 0 Å². The number of fused-ring (bicyclic) bond motifs is 2. The van der Waals surface area contributed by atoms with Gasteiger partial charge >= 0.3 is 0 Å². The molecule has 3 N–H and O–H groups in total. The molecule has 0 bridgehead atoms. The summed E-state index contributed by atoms with van der Waals surface area (Å²) in [6.45, 7) is 0. The third-order valence-corrected chi connectivity index (χ3v) is 4.69. The Labute approximate surface area is 145 Å². The van der Waals surface area contributed by atoms with Crippen molar-refractivity contribution in [2.75, 3.05) is 5.32 Å². The number of carbonyl (C=O) groups excluding carboxylic acids is 1. The summed E-state index contributed by atoms with van der Waals surface area (Å²) in [4.78, 5) is 16.3. The third kappa shape index (κ3) is 2.94. The minimum Gasteiger partial charge on any atom is -0.355 e. The second-order valence-electron chi connectivity index (χ2n) is 6.28. The van der Waals surface area contributed by atoms with Gasteiger partial charge in [0, 0.05) is 22.3 Å². The molecule has 0 unspecified atom stereocenters. The summed E-state index contributed by atoms with van der Waals surface area (Å²) >= 11 is 0. The van der Waals surface area contributed by atoms with E-state index in [9.17, 15) is 4.79 Å². The monoisotopic (exact) mass is 333 g/mol. The molecule has 0 radical (unpaired) electrons. The Morgan fingerprint density at radius 1 is 1.00 bits per heavy atom. The van der Waals surface area contributed by atoms with Crippen LogP contribution in [0.4, 0.5) is 11.4 Å². The van der Waals surface area contributed by atoms with Crippen molar-refractivity contribution in [3.05, 3.63) is 65.4 Å². The Balaban J connectivity index is 1.77. The molecular weight excluding hydrogens is 314 g/mol. The molecule has 1 aromatic heterocycles. The summed E-state index contributed by atoms with van der Waals surface area (Å²) in [5.74, 6) is -0.515. The second-order valence-corrected chi connectivity index (χ2v) is 6.28. The lowest BCUT2D eigenvalue weighted by molar-refractivity contribution is 0.0706. The van der Waals surface area contributed by atoms with Crippen LogP contribution in [-0.2, 0) is 12.8 Å². The maximum absolute atomic E-state index is 11.5. The molecule has 5 nitrogen and oxygen atoms in total. The average molecular weight is 333 g/mol. The van der Waals surface area contributed by atoms with E-state index in [2.05, 4.69) is 11.4 Å². The molecule has 1 amide bonds. The van der Waals surface area contributed by atoms with Crippen molar-refractivity contribution in [3.63, 3.8) is 0 Å². The van der Waals surface area contributed by atoms with Crippen LogP contribution in [0.1, 0.15) is 34.5 Å². The molecule has 0 spiro atoms. The first kappa shape index (κ1) is 15.6. The molecule has 4 rings (SSSR count). The molecule has 126 valence electrons. The van der Waals surface area contributed by atoms with Gasteiger partial charge in [-0.05, 0) is 61.6 Å². The number of nitrogens with one attached hydrogen (secondary N) is 2. The summed E-state index contributed by atoms with van der Waals surface area (Å²) in [6, 6.07) is 15.2. The fraction of sp³-hybridized carbons (Fsp3) is 0.200. The van der Waals surface area contributed by atoms with Crippen LogP contribution in [-0.4, -0.2) is 16.1 Å². The molecule has 2 aromatic carbocycles. The number of hydroxylamine groups is 1. The van der Waals surface area contributed by atoms with Crippen LogP contribution in [0.25, 0.3) is 10.9 Å². The van der Waals surface area contributed by atoms with Gasteiger partial charge in [-0.3, -0.25) is 15.0 Å². The maximum Gasteiger partial charge on any atom is 0.274 e. The summed E-state index contributed by atoms with van der Waals surface area (Å²) in [6.07, 6.45) is 4.41. The number of amides is 1. The topological polar surface area (TPSA) is 74.2 Å². The normalized spacial score (nSPS) is 13.3. The van der Waals surface area contributed by atoms with Crippen molar-refractivity contribution in [2.45, 2.75) is 25.7 Å². The highest BCUT2D eigenvalue weighted by Gasteiger charge is 2.18. The molecule has 1 heterocycles. The van der Waals surface area contributed by atoms with Crippen LogP contribution in [0.3, 0.4) is 0 Å². The number of pyridine rings is 1. The third-order valence-electron chi connectivity index (χ3n) is 4.69. The highest BCUT2D eigenvalue weighted by Crippen LogP contribution is 2.35. The number of benzene rings is 2. The summed E-state index contributed by atoms with van der Waals surface area (Å²) < 4.78 is 0. The SMILES string of the molecule is O=C(NO)c1ccc(Nc2c3c(nc4ccccc24)CCCC3)cc1. The predicted molar refractivity (Wildman–Crippen MR) is 97.4 cm³/mol. The van der Waals surface area contributed by atoms with Crippen molar-refractivity contribution >= 4 is 28.2 Å². The Morgan fingerprint density at radius 3 is 2.56 bits per heavy atom. The largest absolute Gasteiger partial charge is 0.355 e. The van der Waals surface area contributed by atoms with E-state index in [1.165, 1.54) is 24.1 Å². The molecule has 3 aromatic rings. The van der Waals surface area contributed by atoms with Gasteiger partial charge in [-0.15, -0.1) is 0 Å². The Bertz CT molecular complexity index is 936. The number of anilines is 2. The molecule has 1 aliphatic rings. The number of aromatic nitrogens is 1. The zero-order valence-corrected chi connectivity index (χ0v) is 13.7. The van der Waals surface area contributed by atoms with Crippen molar-refractivity contribution < 1.29 is 10.0 Å². The van der Waals surface area contributed by atoms with Gasteiger partial charge in [-0.1, -0.05) is 18.2 Å². The first-order valence-corrected chi connectivity index (χ1v) is 8.48. The van der Waals surface area contributed by atoms with E-state index in [0.717, 1.165) is 35.1 Å². The molecule has 0 saturated heterocycles. The van der Waals surface area contributed by atoms with Gasteiger partial charge in [0.05, 0.1) is 11.2 Å². The predicted octanol–water partition coefficient (Wildman–Crippen LogP) is 3.98. The van der Waals surface area contributed by atoms with E-state index in [-0.39, 0.29) is 0 Å². The summed E-state index contributed by atoms with van der Waals surface area (Å²) in [7, 11) is 0. The van der Waals surface area contributed by atoms with Crippen LogP contribution >= 0.6 is 0 Å². The smallest absolute Gasteiger partial charge is 0.274 e. The standard InChI is InChI=1S/C20H19N3O2/c24-20(23-25)13-9-11-14(12-10-13)21-19-15-5-1-3-7-17(15)22-18-8-4-2-6-16(18)19/h1,3,5,7,9-12,25H,2,4,6,8H2,(H,21,22)(H,23,24). The van der Waals surface area contributed by atoms with Crippen LogP contribution in [0.2, 0.25) is 0 Å². The van der Waals surface area contributed by atoms with Gasteiger partial charge < -0.3 is 5.32 Å².